The van der Waals surface area contributed by atoms with Crippen LogP contribution in [0.25, 0.3) is 66.0 Å². The zero-order valence-corrected chi connectivity index (χ0v) is 22.7. The second-order valence-electron chi connectivity index (χ2n) is 11.2. The van der Waals surface area contributed by atoms with Gasteiger partial charge in [0.05, 0.1) is 22.6 Å². The Morgan fingerprint density at radius 3 is 1.95 bits per heavy atom. The largest absolute Gasteiger partial charge is 0.312 e. The highest BCUT2D eigenvalue weighted by Gasteiger charge is 2.34. The number of benzene rings is 5. The summed E-state index contributed by atoms with van der Waals surface area (Å²) >= 11 is 0. The Labute approximate surface area is 238 Å². The fourth-order valence-corrected chi connectivity index (χ4v) is 7.35. The Bertz CT molecular complexity index is 2300. The predicted octanol–water partition coefficient (Wildman–Crippen LogP) is 9.81. The highest BCUT2D eigenvalue weighted by molar-refractivity contribution is 6.07. The van der Waals surface area contributed by atoms with Gasteiger partial charge >= 0.3 is 0 Å². The van der Waals surface area contributed by atoms with Crippen LogP contribution in [0.4, 0.5) is 0 Å². The lowest BCUT2D eigenvalue weighted by Crippen LogP contribution is -2.13. The maximum absolute atomic E-state index is 3.53. The van der Waals surface area contributed by atoms with Crippen molar-refractivity contribution in [2.75, 3.05) is 0 Å². The van der Waals surface area contributed by atoms with Crippen LogP contribution in [-0.4, -0.2) is 9.13 Å². The van der Waals surface area contributed by atoms with E-state index in [1.807, 2.05) is 6.07 Å². The minimum Gasteiger partial charge on any atom is -0.312 e. The molecule has 2 heterocycles. The van der Waals surface area contributed by atoms with E-state index in [0.717, 1.165) is 11.9 Å². The Kier molecular flexibility index (Phi) is 4.60. The van der Waals surface area contributed by atoms with Gasteiger partial charge in [-0.15, -0.1) is 0 Å². The Hall–Kier alpha value is -5.26. The van der Waals surface area contributed by atoms with Crippen LogP contribution < -0.4 is 0 Å². The van der Waals surface area contributed by atoms with E-state index in [0.29, 0.717) is 5.92 Å². The molecule has 1 aliphatic rings. The zero-order chi connectivity index (χ0) is 27.1. The number of nitrogens with zero attached hydrogens (tertiary/aromatic N) is 2. The Morgan fingerprint density at radius 1 is 0.610 bits per heavy atom. The average molecular weight is 523 g/mol. The van der Waals surface area contributed by atoms with E-state index < -0.39 is 0 Å². The summed E-state index contributed by atoms with van der Waals surface area (Å²) in [6.45, 7) is 2.39. The molecule has 9 rings (SSSR count). The van der Waals surface area contributed by atoms with Gasteiger partial charge < -0.3 is 9.13 Å². The van der Waals surface area contributed by atoms with Crippen molar-refractivity contribution in [3.05, 3.63) is 145 Å². The molecule has 0 radical (unpaired) electrons. The van der Waals surface area contributed by atoms with Gasteiger partial charge in [-0.05, 0) is 65.1 Å². The van der Waals surface area contributed by atoms with Crippen LogP contribution in [0.1, 0.15) is 24.1 Å². The van der Waals surface area contributed by atoms with Crippen LogP contribution in [-0.2, 0) is 6.42 Å². The van der Waals surface area contributed by atoms with Crippen molar-refractivity contribution in [2.45, 2.75) is 19.3 Å². The molecule has 0 saturated heterocycles. The molecule has 41 heavy (non-hydrogen) atoms. The topological polar surface area (TPSA) is 9.86 Å². The zero-order valence-electron chi connectivity index (χ0n) is 22.7. The van der Waals surface area contributed by atoms with Crippen LogP contribution in [0.2, 0.25) is 0 Å². The predicted molar refractivity (Wildman–Crippen MR) is 170 cm³/mol. The molecule has 1 unspecified atom stereocenters. The summed E-state index contributed by atoms with van der Waals surface area (Å²) < 4.78 is 5.01. The SMILES string of the molecule is CC1Cc2c(c3ccccc3n2-c2cccc3ccccc23)-c2c1c1ccc#cc1n2-c1cccc2ccccc12. The van der Waals surface area contributed by atoms with Gasteiger partial charge in [0.1, 0.15) is 5.52 Å². The van der Waals surface area contributed by atoms with E-state index in [2.05, 4.69) is 143 Å². The summed E-state index contributed by atoms with van der Waals surface area (Å²) in [6, 6.07) is 50.7. The Balaban J connectivity index is 1.48. The molecule has 0 amide bonds. The van der Waals surface area contributed by atoms with E-state index in [1.165, 1.54) is 71.7 Å². The third-order valence-corrected chi connectivity index (χ3v) is 8.99. The molecule has 1 aliphatic carbocycles. The molecule has 0 fully saturated rings. The average Bonchev–Trinajstić information content (AvgIpc) is 3.53. The maximum atomic E-state index is 3.53. The van der Waals surface area contributed by atoms with Crippen molar-refractivity contribution in [2.24, 2.45) is 0 Å². The first-order valence-electron chi connectivity index (χ1n) is 14.4. The van der Waals surface area contributed by atoms with Gasteiger partial charge in [0.15, 0.2) is 0 Å². The maximum Gasteiger partial charge on any atom is 0.105 e. The van der Waals surface area contributed by atoms with Crippen LogP contribution in [0.15, 0.2) is 121 Å². The van der Waals surface area contributed by atoms with Crippen molar-refractivity contribution in [3.8, 4) is 22.6 Å². The number of hydrogen-bond donors (Lipinski definition) is 0. The summed E-state index contributed by atoms with van der Waals surface area (Å²) in [5.41, 5.74) is 10.2. The van der Waals surface area contributed by atoms with Gasteiger partial charge in [-0.1, -0.05) is 104 Å². The lowest BCUT2D eigenvalue weighted by Gasteiger charge is -2.25. The first-order chi connectivity index (χ1) is 20.3. The molecule has 0 aliphatic heterocycles. The number of para-hydroxylation sites is 1. The fraction of sp³-hybridized carbons (Fsp3) is 0.0769. The van der Waals surface area contributed by atoms with Crippen molar-refractivity contribution in [1.82, 2.24) is 9.13 Å². The lowest BCUT2D eigenvalue weighted by atomic mass is 9.84. The normalized spacial score (nSPS) is 14.4. The van der Waals surface area contributed by atoms with Crippen molar-refractivity contribution >= 4 is 43.4 Å². The Morgan fingerprint density at radius 2 is 1.22 bits per heavy atom. The smallest absolute Gasteiger partial charge is 0.105 e. The number of fused-ring (bicyclic) bond motifs is 9. The molecule has 6 aromatic carbocycles. The van der Waals surface area contributed by atoms with E-state index in [1.54, 1.807) is 0 Å². The van der Waals surface area contributed by atoms with E-state index in [4.69, 9.17) is 0 Å². The highest BCUT2D eigenvalue weighted by Crippen LogP contribution is 2.51. The molecule has 2 nitrogen and oxygen atoms in total. The molecule has 2 heteroatoms. The summed E-state index contributed by atoms with van der Waals surface area (Å²) in [5, 5.41) is 7.57. The first-order valence-corrected chi connectivity index (χ1v) is 14.4. The standard InChI is InChI=1S/C39H26N2/c1-25-24-36-38(31-19-7-8-20-34(31)40(36)32-22-10-14-26-12-2-4-16-28(26)32)39-37(25)30-18-6-9-21-35(30)41(39)33-23-11-15-27-13-3-5-17-29(27)33/h2-8,10-20,22-23,25H,24H2,1H3. The number of rotatable bonds is 2. The third-order valence-electron chi connectivity index (χ3n) is 8.99. The van der Waals surface area contributed by atoms with Gasteiger partial charge in [-0.3, -0.25) is 0 Å². The number of aromatic nitrogens is 2. The van der Waals surface area contributed by atoms with E-state index in [9.17, 15) is 0 Å². The van der Waals surface area contributed by atoms with Crippen LogP contribution >= 0.6 is 0 Å². The fourth-order valence-electron chi connectivity index (χ4n) is 7.35. The van der Waals surface area contributed by atoms with Crippen LogP contribution in [0.5, 0.6) is 0 Å². The van der Waals surface area contributed by atoms with Crippen LogP contribution in [0.3, 0.4) is 0 Å². The molecule has 0 bridgehead atoms. The molecule has 0 N–H and O–H groups in total. The molecule has 0 saturated carbocycles. The summed E-state index contributed by atoms with van der Waals surface area (Å²) in [5.74, 6) is 0.338. The number of hydrogen-bond acceptors (Lipinski definition) is 0. The lowest BCUT2D eigenvalue weighted by molar-refractivity contribution is 0.722. The quantitative estimate of drug-likeness (QED) is 0.214. The molecule has 0 spiro atoms. The van der Waals surface area contributed by atoms with Gasteiger partial charge in [0.2, 0.25) is 0 Å². The monoisotopic (exact) mass is 522 g/mol. The van der Waals surface area contributed by atoms with Gasteiger partial charge in [-0.25, -0.2) is 0 Å². The minimum atomic E-state index is 0.338. The third kappa shape index (κ3) is 3.04. The molecule has 8 aromatic rings. The van der Waals surface area contributed by atoms with Crippen molar-refractivity contribution in [1.29, 1.82) is 0 Å². The molecular formula is C39H26N2. The molecule has 1 atom stereocenters. The second kappa shape index (κ2) is 8.37. The van der Waals surface area contributed by atoms with Gasteiger partial charge in [0, 0.05) is 32.8 Å². The van der Waals surface area contributed by atoms with Crippen LogP contribution in [0, 0.1) is 12.1 Å². The summed E-state index contributed by atoms with van der Waals surface area (Å²) in [4.78, 5) is 0. The highest BCUT2D eigenvalue weighted by atomic mass is 15.0. The molecule has 2 aromatic heterocycles. The minimum absolute atomic E-state index is 0.338. The molecular weight excluding hydrogens is 496 g/mol. The van der Waals surface area contributed by atoms with Crippen molar-refractivity contribution in [3.63, 3.8) is 0 Å². The summed E-state index contributed by atoms with van der Waals surface area (Å²) in [7, 11) is 0. The summed E-state index contributed by atoms with van der Waals surface area (Å²) in [6.07, 6.45) is 0.966. The van der Waals surface area contributed by atoms with Gasteiger partial charge in [0.25, 0.3) is 0 Å². The van der Waals surface area contributed by atoms with Gasteiger partial charge in [-0.2, -0.15) is 0 Å². The van der Waals surface area contributed by atoms with E-state index in [-0.39, 0.29) is 0 Å². The van der Waals surface area contributed by atoms with Crippen molar-refractivity contribution < 1.29 is 0 Å². The molecule has 192 valence electrons. The second-order valence-corrected chi connectivity index (χ2v) is 11.2. The van der Waals surface area contributed by atoms with E-state index >= 15 is 0 Å². The first kappa shape index (κ1) is 22.5.